The van der Waals surface area contributed by atoms with Crippen LogP contribution in [0, 0.1) is 5.92 Å². The second-order valence-corrected chi connectivity index (χ2v) is 4.70. The fourth-order valence-electron chi connectivity index (χ4n) is 2.04. The van der Waals surface area contributed by atoms with E-state index in [0.29, 0.717) is 5.92 Å². The van der Waals surface area contributed by atoms with E-state index in [-0.39, 0.29) is 11.9 Å². The van der Waals surface area contributed by atoms with Gasteiger partial charge in [-0.15, -0.1) is 0 Å². The molecule has 4 heteroatoms. The molecule has 1 rings (SSSR count). The monoisotopic (exact) mass is 228 g/mol. The van der Waals surface area contributed by atoms with Crippen LogP contribution in [0.25, 0.3) is 0 Å². The number of likely N-dealkylation sites (N-methyl/N-ethyl adjacent to an activating group) is 1. The lowest BCUT2D eigenvalue weighted by Gasteiger charge is -2.30. The van der Waals surface area contributed by atoms with Gasteiger partial charge in [-0.2, -0.15) is 0 Å². The Labute approximate surface area is 98.3 Å². The summed E-state index contributed by atoms with van der Waals surface area (Å²) in [6.07, 6.45) is 3.08. The summed E-state index contributed by atoms with van der Waals surface area (Å²) in [5, 5.41) is 3.27. The quantitative estimate of drug-likeness (QED) is 0.710. The largest absolute Gasteiger partial charge is 0.381 e. The summed E-state index contributed by atoms with van der Waals surface area (Å²) in [5.74, 6) is 0.710. The Morgan fingerprint density at radius 1 is 1.50 bits per heavy atom. The van der Waals surface area contributed by atoms with Crippen LogP contribution in [-0.4, -0.2) is 50.7 Å². The van der Waals surface area contributed by atoms with Crippen molar-refractivity contribution in [2.75, 3.05) is 33.9 Å². The summed E-state index contributed by atoms with van der Waals surface area (Å²) >= 11 is 0. The number of amides is 1. The number of piperidine rings is 1. The Bertz CT molecular complexity index is 219. The lowest BCUT2D eigenvalue weighted by Crippen LogP contribution is -2.48. The zero-order valence-electron chi connectivity index (χ0n) is 10.7. The summed E-state index contributed by atoms with van der Waals surface area (Å²) < 4.78 is 5.56. The molecule has 1 aliphatic heterocycles. The minimum absolute atomic E-state index is 0.0148. The minimum atomic E-state index is -0.0148. The molecule has 1 amide bonds. The number of ether oxygens (including phenoxy) is 1. The van der Waals surface area contributed by atoms with Gasteiger partial charge in [0.05, 0.1) is 6.04 Å². The molecule has 2 unspecified atom stereocenters. The van der Waals surface area contributed by atoms with Gasteiger partial charge in [-0.25, -0.2) is 0 Å². The van der Waals surface area contributed by atoms with Crippen LogP contribution >= 0.6 is 0 Å². The van der Waals surface area contributed by atoms with Gasteiger partial charge in [0.2, 0.25) is 5.91 Å². The van der Waals surface area contributed by atoms with Gasteiger partial charge in [-0.3, -0.25) is 4.79 Å². The van der Waals surface area contributed by atoms with Crippen molar-refractivity contribution in [2.45, 2.75) is 32.2 Å². The van der Waals surface area contributed by atoms with Gasteiger partial charge in [-0.1, -0.05) is 6.92 Å². The van der Waals surface area contributed by atoms with Crippen LogP contribution in [-0.2, 0) is 9.53 Å². The van der Waals surface area contributed by atoms with Crippen molar-refractivity contribution in [3.05, 3.63) is 0 Å². The SMILES string of the molecule is CCCOCC1CCNC(C(=O)N(C)C)C1. The maximum atomic E-state index is 11.8. The molecular weight excluding hydrogens is 204 g/mol. The van der Waals surface area contributed by atoms with Crippen molar-refractivity contribution in [2.24, 2.45) is 5.92 Å². The molecule has 0 radical (unpaired) electrons. The van der Waals surface area contributed by atoms with Crippen LogP contribution in [0.1, 0.15) is 26.2 Å². The topological polar surface area (TPSA) is 41.6 Å². The predicted molar refractivity (Wildman–Crippen MR) is 64.3 cm³/mol. The first-order chi connectivity index (χ1) is 7.65. The molecule has 1 saturated heterocycles. The number of hydrogen-bond acceptors (Lipinski definition) is 3. The third-order valence-electron chi connectivity index (χ3n) is 2.95. The van der Waals surface area contributed by atoms with E-state index in [2.05, 4.69) is 12.2 Å². The molecule has 1 aliphatic rings. The maximum Gasteiger partial charge on any atom is 0.239 e. The number of hydrogen-bond donors (Lipinski definition) is 1. The number of nitrogens with zero attached hydrogens (tertiary/aromatic N) is 1. The zero-order valence-corrected chi connectivity index (χ0v) is 10.7. The first kappa shape index (κ1) is 13.5. The van der Waals surface area contributed by atoms with Crippen molar-refractivity contribution >= 4 is 5.91 Å². The average Bonchev–Trinajstić information content (AvgIpc) is 2.29. The van der Waals surface area contributed by atoms with Gasteiger partial charge >= 0.3 is 0 Å². The van der Waals surface area contributed by atoms with E-state index < -0.39 is 0 Å². The molecule has 0 bridgehead atoms. The Hall–Kier alpha value is -0.610. The molecule has 0 saturated carbocycles. The molecule has 1 N–H and O–H groups in total. The van der Waals surface area contributed by atoms with Gasteiger partial charge in [0, 0.05) is 27.3 Å². The molecule has 4 nitrogen and oxygen atoms in total. The van der Waals surface area contributed by atoms with E-state index in [0.717, 1.165) is 39.0 Å². The van der Waals surface area contributed by atoms with Crippen LogP contribution in [0.3, 0.4) is 0 Å². The normalized spacial score (nSPS) is 25.4. The van der Waals surface area contributed by atoms with Crippen LogP contribution < -0.4 is 5.32 Å². The van der Waals surface area contributed by atoms with E-state index >= 15 is 0 Å². The summed E-state index contributed by atoms with van der Waals surface area (Å²) in [6, 6.07) is -0.0148. The molecule has 16 heavy (non-hydrogen) atoms. The van der Waals surface area contributed by atoms with E-state index in [4.69, 9.17) is 4.74 Å². The standard InChI is InChI=1S/C12H24N2O2/c1-4-7-16-9-10-5-6-13-11(8-10)12(15)14(2)3/h10-11,13H,4-9H2,1-3H3. The highest BCUT2D eigenvalue weighted by atomic mass is 16.5. The Balaban J connectivity index is 2.32. The second kappa shape index (κ2) is 6.86. The highest BCUT2D eigenvalue weighted by Crippen LogP contribution is 2.17. The van der Waals surface area contributed by atoms with Crippen molar-refractivity contribution in [3.63, 3.8) is 0 Å². The summed E-state index contributed by atoms with van der Waals surface area (Å²) in [7, 11) is 3.61. The van der Waals surface area contributed by atoms with Crippen molar-refractivity contribution in [1.82, 2.24) is 10.2 Å². The van der Waals surface area contributed by atoms with Gasteiger partial charge in [0.15, 0.2) is 0 Å². The summed E-state index contributed by atoms with van der Waals surface area (Å²) in [5.41, 5.74) is 0. The summed E-state index contributed by atoms with van der Waals surface area (Å²) in [6.45, 7) is 4.66. The average molecular weight is 228 g/mol. The number of carbonyl (C=O) groups is 1. The van der Waals surface area contributed by atoms with Gasteiger partial charge in [0.25, 0.3) is 0 Å². The molecule has 0 aliphatic carbocycles. The fraction of sp³-hybridized carbons (Fsp3) is 0.917. The maximum absolute atomic E-state index is 11.8. The fourth-order valence-corrected chi connectivity index (χ4v) is 2.04. The van der Waals surface area contributed by atoms with Crippen LogP contribution in [0.2, 0.25) is 0 Å². The molecule has 2 atom stereocenters. The molecule has 0 aromatic carbocycles. The van der Waals surface area contributed by atoms with E-state index in [9.17, 15) is 4.79 Å². The Morgan fingerprint density at radius 3 is 2.88 bits per heavy atom. The highest BCUT2D eigenvalue weighted by Gasteiger charge is 2.27. The number of rotatable bonds is 5. The Kier molecular flexibility index (Phi) is 5.77. The van der Waals surface area contributed by atoms with Crippen molar-refractivity contribution in [3.8, 4) is 0 Å². The smallest absolute Gasteiger partial charge is 0.239 e. The van der Waals surface area contributed by atoms with E-state index in [1.165, 1.54) is 0 Å². The molecule has 1 heterocycles. The minimum Gasteiger partial charge on any atom is -0.381 e. The van der Waals surface area contributed by atoms with Gasteiger partial charge in [-0.05, 0) is 31.7 Å². The van der Waals surface area contributed by atoms with Crippen LogP contribution in [0.4, 0.5) is 0 Å². The number of nitrogens with one attached hydrogen (secondary N) is 1. The highest BCUT2D eigenvalue weighted by molar-refractivity contribution is 5.81. The second-order valence-electron chi connectivity index (χ2n) is 4.70. The first-order valence-corrected chi connectivity index (χ1v) is 6.17. The summed E-state index contributed by atoms with van der Waals surface area (Å²) in [4.78, 5) is 13.5. The number of carbonyl (C=O) groups excluding carboxylic acids is 1. The van der Waals surface area contributed by atoms with Crippen molar-refractivity contribution < 1.29 is 9.53 Å². The van der Waals surface area contributed by atoms with Gasteiger partial charge < -0.3 is 15.0 Å². The lowest BCUT2D eigenvalue weighted by molar-refractivity contribution is -0.132. The Morgan fingerprint density at radius 2 is 2.25 bits per heavy atom. The van der Waals surface area contributed by atoms with Crippen molar-refractivity contribution in [1.29, 1.82) is 0 Å². The molecule has 0 aromatic heterocycles. The third kappa shape index (κ3) is 4.10. The molecule has 1 fully saturated rings. The molecule has 0 spiro atoms. The van der Waals surface area contributed by atoms with E-state index in [1.54, 1.807) is 19.0 Å². The van der Waals surface area contributed by atoms with E-state index in [1.807, 2.05) is 0 Å². The van der Waals surface area contributed by atoms with Crippen LogP contribution in [0.5, 0.6) is 0 Å². The lowest BCUT2D eigenvalue weighted by atomic mass is 9.92. The van der Waals surface area contributed by atoms with Crippen LogP contribution in [0.15, 0.2) is 0 Å². The molecule has 0 aromatic rings. The zero-order chi connectivity index (χ0) is 12.0. The predicted octanol–water partition coefficient (Wildman–Crippen LogP) is 0.869. The van der Waals surface area contributed by atoms with Gasteiger partial charge in [0.1, 0.15) is 0 Å². The molecular formula is C12H24N2O2. The first-order valence-electron chi connectivity index (χ1n) is 6.17. The third-order valence-corrected chi connectivity index (χ3v) is 2.95. The molecule has 94 valence electrons.